The Labute approximate surface area is 225 Å². The van der Waals surface area contributed by atoms with Crippen LogP contribution < -0.4 is 15.5 Å². The van der Waals surface area contributed by atoms with Crippen LogP contribution in [-0.2, 0) is 25.9 Å². The second-order valence-electron chi connectivity index (χ2n) is 10.4. The molecule has 1 aliphatic rings. The van der Waals surface area contributed by atoms with Gasteiger partial charge in [0.15, 0.2) is 0 Å². The Balaban J connectivity index is 0.00000481. The number of carbonyl (C=O) groups excluding carboxylic acids is 1. The average Bonchev–Trinajstić information content (AvgIpc) is 2.88. The molecule has 0 aliphatic heterocycles. The maximum Gasteiger partial charge on any atom is 0.280 e. The van der Waals surface area contributed by atoms with Gasteiger partial charge in [0.25, 0.3) is 5.91 Å². The van der Waals surface area contributed by atoms with E-state index in [1.54, 1.807) is 30.0 Å². The molecule has 3 N–H and O–H groups in total. The van der Waals surface area contributed by atoms with Gasteiger partial charge in [0.1, 0.15) is 5.75 Å². The first-order valence-corrected chi connectivity index (χ1v) is 13.6. The third-order valence-electron chi connectivity index (χ3n) is 6.54. The van der Waals surface area contributed by atoms with E-state index in [4.69, 9.17) is 9.47 Å². The average molecular weight is 556 g/mol. The van der Waals surface area contributed by atoms with E-state index >= 15 is 0 Å². The zero-order valence-corrected chi connectivity index (χ0v) is 23.4. The Morgan fingerprint density at radius 2 is 1.65 bits per heavy atom. The normalized spacial score (nSPS) is 19.8. The Hall–Kier alpha value is -2.24. The molecule has 206 valence electrons. The van der Waals surface area contributed by atoms with Gasteiger partial charge < -0.3 is 9.47 Å². The van der Waals surface area contributed by atoms with Gasteiger partial charge in [-0.1, -0.05) is 20.8 Å². The van der Waals surface area contributed by atoms with E-state index in [2.05, 4.69) is 31.1 Å². The summed E-state index contributed by atoms with van der Waals surface area (Å²) in [6.07, 6.45) is 5.26. The first-order chi connectivity index (χ1) is 17.0. The second kappa shape index (κ2) is 13.0. The SMILES string of the molecule is COc1ccc(S(=O)(=O)[C@@](NCc2ccncc2)(C(=O)NO)[C@H]2CC[C@H](OCC(C)(C)C)CC2)cc1.Cl. The van der Waals surface area contributed by atoms with Crippen LogP contribution in [0.5, 0.6) is 5.75 Å². The molecule has 1 aromatic heterocycles. The second-order valence-corrected chi connectivity index (χ2v) is 12.5. The fourth-order valence-corrected chi connectivity index (χ4v) is 6.70. The van der Waals surface area contributed by atoms with Crippen molar-refractivity contribution in [2.45, 2.75) is 68.9 Å². The number of hydroxylamine groups is 1. The maximum absolute atomic E-state index is 14.2. The lowest BCUT2D eigenvalue weighted by molar-refractivity contribution is -0.135. The predicted molar refractivity (Wildman–Crippen MR) is 142 cm³/mol. The molecule has 11 heteroatoms. The van der Waals surface area contributed by atoms with Crippen LogP contribution >= 0.6 is 12.4 Å². The number of benzene rings is 1. The summed E-state index contributed by atoms with van der Waals surface area (Å²) in [6.45, 7) is 6.97. The molecule has 0 saturated heterocycles. The number of methoxy groups -OCH3 is 1. The van der Waals surface area contributed by atoms with Crippen LogP contribution in [-0.4, -0.2) is 49.2 Å². The molecule has 3 rings (SSSR count). The molecule has 37 heavy (non-hydrogen) atoms. The van der Waals surface area contributed by atoms with Gasteiger partial charge >= 0.3 is 0 Å². The van der Waals surface area contributed by atoms with Gasteiger partial charge in [-0.25, -0.2) is 13.9 Å². The van der Waals surface area contributed by atoms with Crippen molar-refractivity contribution in [3.8, 4) is 5.75 Å². The molecule has 0 bridgehead atoms. The highest BCUT2D eigenvalue weighted by Gasteiger charge is 2.57. The number of aromatic nitrogens is 1. The monoisotopic (exact) mass is 555 g/mol. The zero-order chi connectivity index (χ0) is 26.4. The number of nitrogens with zero attached hydrogens (tertiary/aromatic N) is 1. The zero-order valence-electron chi connectivity index (χ0n) is 21.8. The van der Waals surface area contributed by atoms with Crippen LogP contribution in [0.1, 0.15) is 52.0 Å². The number of sulfone groups is 1. The number of rotatable bonds is 10. The molecule has 1 heterocycles. The van der Waals surface area contributed by atoms with E-state index in [1.807, 2.05) is 0 Å². The summed E-state index contributed by atoms with van der Waals surface area (Å²) in [5.74, 6) is -1.12. The van der Waals surface area contributed by atoms with Crippen molar-refractivity contribution in [2.75, 3.05) is 13.7 Å². The summed E-state index contributed by atoms with van der Waals surface area (Å²) in [7, 11) is -2.83. The summed E-state index contributed by atoms with van der Waals surface area (Å²) in [4.78, 5) is 15.2. The third kappa shape index (κ3) is 7.20. The van der Waals surface area contributed by atoms with Gasteiger partial charge in [0.05, 0.1) is 24.7 Å². The Kier molecular flexibility index (Phi) is 10.9. The Morgan fingerprint density at radius 1 is 1.05 bits per heavy atom. The van der Waals surface area contributed by atoms with Gasteiger partial charge in [-0.15, -0.1) is 12.4 Å². The standard InChI is InChI=1S/C26H37N3O6S.ClH/c1-25(2,3)18-35-22-7-5-20(6-8-22)26(24(30)29-31,28-17-19-13-15-27-16-14-19)36(32,33)23-11-9-21(34-4)10-12-23;/h9-16,20,22,28,31H,5-8,17-18H2,1-4H3,(H,29,30);1H/t20-,22-,26-;/m1./s1. The third-order valence-corrected chi connectivity index (χ3v) is 8.94. The topological polar surface area (TPSA) is 127 Å². The molecule has 0 spiro atoms. The van der Waals surface area contributed by atoms with E-state index in [-0.39, 0.29) is 35.4 Å². The van der Waals surface area contributed by atoms with Gasteiger partial charge in [0.2, 0.25) is 14.7 Å². The lowest BCUT2D eigenvalue weighted by Gasteiger charge is -2.42. The van der Waals surface area contributed by atoms with Gasteiger partial charge in [-0.2, -0.15) is 0 Å². The summed E-state index contributed by atoms with van der Waals surface area (Å²) < 4.78 is 39.6. The molecule has 2 aromatic rings. The minimum absolute atomic E-state index is 0. The first kappa shape index (κ1) is 31.0. The van der Waals surface area contributed by atoms with Gasteiger partial charge in [-0.3, -0.25) is 20.3 Å². The van der Waals surface area contributed by atoms with E-state index in [9.17, 15) is 18.4 Å². The Bertz CT molecular complexity index is 1100. The first-order valence-electron chi connectivity index (χ1n) is 12.1. The minimum atomic E-state index is -4.32. The number of pyridine rings is 1. The van der Waals surface area contributed by atoms with Crippen LogP contribution in [0.15, 0.2) is 53.7 Å². The minimum Gasteiger partial charge on any atom is -0.497 e. The van der Waals surface area contributed by atoms with Crippen molar-refractivity contribution < 1.29 is 27.9 Å². The van der Waals surface area contributed by atoms with Crippen molar-refractivity contribution in [3.05, 3.63) is 54.4 Å². The van der Waals surface area contributed by atoms with Crippen molar-refractivity contribution >= 4 is 28.2 Å². The van der Waals surface area contributed by atoms with Crippen LogP contribution in [0, 0.1) is 11.3 Å². The smallest absolute Gasteiger partial charge is 0.280 e. The molecule has 1 aromatic carbocycles. The molecule has 0 radical (unpaired) electrons. The number of amides is 1. The van der Waals surface area contributed by atoms with Crippen molar-refractivity contribution in [1.29, 1.82) is 0 Å². The number of nitrogens with one attached hydrogen (secondary N) is 2. The highest BCUT2D eigenvalue weighted by molar-refractivity contribution is 7.93. The number of carbonyl (C=O) groups is 1. The summed E-state index contributed by atoms with van der Waals surface area (Å²) in [5.41, 5.74) is 2.42. The number of ether oxygens (including phenoxy) is 2. The molecule has 1 fully saturated rings. The lowest BCUT2D eigenvalue weighted by Crippen LogP contribution is -2.66. The molecular weight excluding hydrogens is 518 g/mol. The molecular formula is C26H38ClN3O6S. The Morgan fingerprint density at radius 3 is 2.16 bits per heavy atom. The van der Waals surface area contributed by atoms with Gasteiger partial charge in [0, 0.05) is 24.9 Å². The molecule has 1 aliphatic carbocycles. The lowest BCUT2D eigenvalue weighted by atomic mass is 9.81. The largest absolute Gasteiger partial charge is 0.497 e. The fraction of sp³-hybridized carbons (Fsp3) is 0.538. The van der Waals surface area contributed by atoms with E-state index in [0.29, 0.717) is 38.0 Å². The molecule has 1 amide bonds. The molecule has 9 nitrogen and oxygen atoms in total. The summed E-state index contributed by atoms with van der Waals surface area (Å²) in [6, 6.07) is 9.39. The van der Waals surface area contributed by atoms with Crippen molar-refractivity contribution in [1.82, 2.24) is 15.8 Å². The van der Waals surface area contributed by atoms with Gasteiger partial charge in [-0.05, 0) is 73.1 Å². The van der Waals surface area contributed by atoms with E-state index < -0.39 is 26.5 Å². The molecule has 0 unspecified atom stereocenters. The number of hydrogen-bond acceptors (Lipinski definition) is 8. The highest BCUT2D eigenvalue weighted by atomic mass is 35.5. The molecule has 1 atom stereocenters. The van der Waals surface area contributed by atoms with Crippen molar-refractivity contribution in [3.63, 3.8) is 0 Å². The highest BCUT2D eigenvalue weighted by Crippen LogP contribution is 2.41. The molecule has 1 saturated carbocycles. The maximum atomic E-state index is 14.2. The predicted octanol–water partition coefficient (Wildman–Crippen LogP) is 3.90. The summed E-state index contributed by atoms with van der Waals surface area (Å²) >= 11 is 0. The number of halogens is 1. The fourth-order valence-electron chi connectivity index (χ4n) is 4.61. The van der Waals surface area contributed by atoms with Crippen LogP contribution in [0.3, 0.4) is 0 Å². The number of hydrogen-bond donors (Lipinski definition) is 3. The van der Waals surface area contributed by atoms with Crippen LogP contribution in [0.25, 0.3) is 0 Å². The quantitative estimate of drug-likeness (QED) is 0.297. The summed E-state index contributed by atoms with van der Waals surface area (Å²) in [5, 5.41) is 12.8. The van der Waals surface area contributed by atoms with Crippen LogP contribution in [0.2, 0.25) is 0 Å². The van der Waals surface area contributed by atoms with Crippen molar-refractivity contribution in [2.24, 2.45) is 11.3 Å². The van der Waals surface area contributed by atoms with E-state index in [1.165, 1.54) is 31.4 Å². The van der Waals surface area contributed by atoms with E-state index in [0.717, 1.165) is 5.56 Å². The van der Waals surface area contributed by atoms with Crippen LogP contribution in [0.4, 0.5) is 0 Å².